The molecule has 3 N–H and O–H groups in total. The Bertz CT molecular complexity index is 644. The van der Waals surface area contributed by atoms with E-state index < -0.39 is 0 Å². The molecule has 1 aliphatic heterocycles. The Kier molecular flexibility index (Phi) is 9.03. The molecule has 9 nitrogen and oxygen atoms in total. The number of carbonyl (C=O) groups excluding carboxylic acids is 2. The van der Waals surface area contributed by atoms with Gasteiger partial charge in [0, 0.05) is 44.6 Å². The summed E-state index contributed by atoms with van der Waals surface area (Å²) in [5.41, 5.74) is 0.532. The Morgan fingerprint density at radius 3 is 2.71 bits per heavy atom. The summed E-state index contributed by atoms with van der Waals surface area (Å²) in [5, 5.41) is 9.45. The number of aromatic nitrogens is 1. The highest BCUT2D eigenvalue weighted by Gasteiger charge is 2.23. The van der Waals surface area contributed by atoms with Crippen LogP contribution >= 0.6 is 0 Å². The lowest BCUT2D eigenvalue weighted by Crippen LogP contribution is -2.50. The highest BCUT2D eigenvalue weighted by molar-refractivity contribution is 5.93. The Hall–Kier alpha value is -2.84. The number of piperidine rings is 1. The summed E-state index contributed by atoms with van der Waals surface area (Å²) in [6.07, 6.45) is 4.59. The van der Waals surface area contributed by atoms with Crippen LogP contribution in [0.15, 0.2) is 29.5 Å². The molecule has 2 heterocycles. The molecule has 0 spiro atoms. The van der Waals surface area contributed by atoms with E-state index in [2.05, 4.69) is 25.9 Å². The molecule has 0 atom stereocenters. The number of hydrogen-bond acceptors (Lipinski definition) is 5. The van der Waals surface area contributed by atoms with Crippen LogP contribution in [0.4, 0.5) is 4.79 Å². The molecule has 1 aliphatic rings. The Morgan fingerprint density at radius 2 is 2.07 bits per heavy atom. The van der Waals surface area contributed by atoms with E-state index in [4.69, 9.17) is 4.74 Å². The number of guanidine groups is 1. The molecule has 1 saturated heterocycles. The second-order valence-electron chi connectivity index (χ2n) is 6.36. The van der Waals surface area contributed by atoms with Gasteiger partial charge in [0.05, 0.1) is 18.7 Å². The van der Waals surface area contributed by atoms with E-state index in [1.54, 1.807) is 23.2 Å². The predicted octanol–water partition coefficient (Wildman–Crippen LogP) is 0.987. The molecule has 9 heteroatoms. The van der Waals surface area contributed by atoms with Crippen LogP contribution in [0, 0.1) is 0 Å². The van der Waals surface area contributed by atoms with Crippen molar-refractivity contribution in [2.75, 3.05) is 39.3 Å². The quantitative estimate of drug-likeness (QED) is 0.364. The van der Waals surface area contributed by atoms with Crippen molar-refractivity contribution < 1.29 is 14.3 Å². The maximum absolute atomic E-state index is 12.0. The minimum absolute atomic E-state index is 0.160. The third-order valence-corrected chi connectivity index (χ3v) is 4.30. The average molecular weight is 390 g/mol. The minimum Gasteiger partial charge on any atom is -0.450 e. The van der Waals surface area contributed by atoms with Crippen molar-refractivity contribution in [2.24, 2.45) is 4.99 Å². The van der Waals surface area contributed by atoms with Crippen molar-refractivity contribution in [3.8, 4) is 0 Å². The first-order valence-electron chi connectivity index (χ1n) is 9.78. The molecule has 0 unspecified atom stereocenters. The smallest absolute Gasteiger partial charge is 0.409 e. The number of nitrogens with one attached hydrogen (secondary N) is 3. The van der Waals surface area contributed by atoms with Gasteiger partial charge >= 0.3 is 6.09 Å². The fourth-order valence-corrected chi connectivity index (χ4v) is 2.87. The molecule has 1 aromatic heterocycles. The normalized spacial score (nSPS) is 15.1. The molecule has 0 aromatic carbocycles. The van der Waals surface area contributed by atoms with Gasteiger partial charge in [-0.15, -0.1) is 0 Å². The van der Waals surface area contributed by atoms with Crippen LogP contribution in [-0.2, 0) is 4.74 Å². The standard InChI is InChI=1S/C19H30N6O3/c1-3-21-18(23-11-10-22-17(26)15-6-5-9-20-14-15)24-16-7-12-25(13-8-16)19(27)28-4-2/h5-6,9,14,16H,3-4,7-8,10-13H2,1-2H3,(H,22,26)(H2,21,23,24). The summed E-state index contributed by atoms with van der Waals surface area (Å²) in [7, 11) is 0. The van der Waals surface area contributed by atoms with E-state index in [1.807, 2.05) is 13.8 Å². The largest absolute Gasteiger partial charge is 0.450 e. The minimum atomic E-state index is -0.245. The molecule has 2 rings (SSSR count). The number of likely N-dealkylation sites (tertiary alicyclic amines) is 1. The maximum Gasteiger partial charge on any atom is 0.409 e. The molecule has 154 valence electrons. The second-order valence-corrected chi connectivity index (χ2v) is 6.36. The highest BCUT2D eigenvalue weighted by Crippen LogP contribution is 2.11. The van der Waals surface area contributed by atoms with Crippen LogP contribution in [0.3, 0.4) is 0 Å². The number of ether oxygens (including phenoxy) is 1. The molecule has 28 heavy (non-hydrogen) atoms. The van der Waals surface area contributed by atoms with Crippen LogP contribution in [0.1, 0.15) is 37.0 Å². The van der Waals surface area contributed by atoms with Gasteiger partial charge in [-0.2, -0.15) is 0 Å². The summed E-state index contributed by atoms with van der Waals surface area (Å²) in [6.45, 7) is 7.18. The molecule has 0 bridgehead atoms. The fourth-order valence-electron chi connectivity index (χ4n) is 2.87. The zero-order chi connectivity index (χ0) is 20.2. The fraction of sp³-hybridized carbons (Fsp3) is 0.579. The predicted molar refractivity (Wildman–Crippen MR) is 107 cm³/mol. The van der Waals surface area contributed by atoms with Gasteiger partial charge in [0.15, 0.2) is 5.96 Å². The van der Waals surface area contributed by atoms with Crippen molar-refractivity contribution in [3.05, 3.63) is 30.1 Å². The molecule has 1 fully saturated rings. The van der Waals surface area contributed by atoms with Crippen molar-refractivity contribution in [2.45, 2.75) is 32.7 Å². The third-order valence-electron chi connectivity index (χ3n) is 4.30. The molecular weight excluding hydrogens is 360 g/mol. The van der Waals surface area contributed by atoms with Gasteiger partial charge in [-0.25, -0.2) is 4.79 Å². The molecule has 1 aromatic rings. The average Bonchev–Trinajstić information content (AvgIpc) is 2.72. The lowest BCUT2D eigenvalue weighted by molar-refractivity contribution is 0.0948. The van der Waals surface area contributed by atoms with Crippen LogP contribution in [-0.4, -0.2) is 73.2 Å². The molecular formula is C19H30N6O3. The summed E-state index contributed by atoms with van der Waals surface area (Å²) >= 11 is 0. The maximum atomic E-state index is 12.0. The summed E-state index contributed by atoms with van der Waals surface area (Å²) < 4.78 is 5.05. The van der Waals surface area contributed by atoms with Gasteiger partial charge in [0.2, 0.25) is 0 Å². The Morgan fingerprint density at radius 1 is 1.29 bits per heavy atom. The number of nitrogens with zero attached hydrogens (tertiary/aromatic N) is 3. The van der Waals surface area contributed by atoms with Crippen LogP contribution in [0.5, 0.6) is 0 Å². The van der Waals surface area contributed by atoms with Gasteiger partial charge in [-0.05, 0) is 38.8 Å². The lowest BCUT2D eigenvalue weighted by atomic mass is 10.1. The number of pyridine rings is 1. The third kappa shape index (κ3) is 7.05. The topological polar surface area (TPSA) is 108 Å². The van der Waals surface area contributed by atoms with Gasteiger partial charge in [-0.3, -0.25) is 14.8 Å². The van der Waals surface area contributed by atoms with E-state index in [-0.39, 0.29) is 18.0 Å². The molecule has 2 amide bonds. The summed E-state index contributed by atoms with van der Waals surface area (Å²) in [4.78, 5) is 33.9. The SMILES string of the molecule is CCNC(=NCCNC(=O)c1cccnc1)NC1CCN(C(=O)OCC)CC1. The highest BCUT2D eigenvalue weighted by atomic mass is 16.6. The van der Waals surface area contributed by atoms with Crippen molar-refractivity contribution in [1.29, 1.82) is 0 Å². The van der Waals surface area contributed by atoms with E-state index in [1.165, 1.54) is 6.20 Å². The Balaban J connectivity index is 1.75. The number of carbonyl (C=O) groups is 2. The van der Waals surface area contributed by atoms with E-state index in [9.17, 15) is 9.59 Å². The first-order valence-corrected chi connectivity index (χ1v) is 9.78. The molecule has 0 saturated carbocycles. The van der Waals surface area contributed by atoms with Crippen molar-refractivity contribution >= 4 is 18.0 Å². The van der Waals surface area contributed by atoms with Gasteiger partial charge in [-0.1, -0.05) is 0 Å². The first-order chi connectivity index (χ1) is 13.6. The van der Waals surface area contributed by atoms with Gasteiger partial charge < -0.3 is 25.6 Å². The van der Waals surface area contributed by atoms with E-state index >= 15 is 0 Å². The van der Waals surface area contributed by atoms with Crippen LogP contribution in [0.25, 0.3) is 0 Å². The number of amides is 2. The zero-order valence-electron chi connectivity index (χ0n) is 16.6. The van der Waals surface area contributed by atoms with Crippen molar-refractivity contribution in [3.63, 3.8) is 0 Å². The number of aliphatic imine (C=N–C) groups is 1. The molecule has 0 radical (unpaired) electrons. The lowest BCUT2D eigenvalue weighted by Gasteiger charge is -2.32. The van der Waals surface area contributed by atoms with Crippen LogP contribution < -0.4 is 16.0 Å². The Labute approximate surface area is 165 Å². The summed E-state index contributed by atoms with van der Waals surface area (Å²) in [5.74, 6) is 0.556. The summed E-state index contributed by atoms with van der Waals surface area (Å²) in [6, 6.07) is 3.70. The van der Waals surface area contributed by atoms with E-state index in [0.717, 1.165) is 19.4 Å². The van der Waals surface area contributed by atoms with E-state index in [0.29, 0.717) is 44.3 Å². The van der Waals surface area contributed by atoms with Crippen molar-refractivity contribution in [1.82, 2.24) is 25.8 Å². The second kappa shape index (κ2) is 11.8. The zero-order valence-corrected chi connectivity index (χ0v) is 16.6. The monoisotopic (exact) mass is 390 g/mol. The van der Waals surface area contributed by atoms with Gasteiger partial charge in [0.1, 0.15) is 0 Å². The first kappa shape index (κ1) is 21.5. The number of rotatable bonds is 7. The van der Waals surface area contributed by atoms with Gasteiger partial charge in [0.25, 0.3) is 5.91 Å². The molecule has 0 aliphatic carbocycles. The van der Waals surface area contributed by atoms with Crippen LogP contribution in [0.2, 0.25) is 0 Å². The number of hydrogen-bond donors (Lipinski definition) is 3.